The van der Waals surface area contributed by atoms with E-state index < -0.39 is 5.54 Å². The van der Waals surface area contributed by atoms with Gasteiger partial charge >= 0.3 is 0 Å². The van der Waals surface area contributed by atoms with E-state index in [9.17, 15) is 0 Å². The number of aryl methyl sites for hydroxylation is 1. The van der Waals surface area contributed by atoms with Gasteiger partial charge in [-0.25, -0.2) is 9.97 Å². The third-order valence-corrected chi connectivity index (χ3v) is 2.48. The topological polar surface area (TPSA) is 51.8 Å². The fraction of sp³-hybridized carbons (Fsp3) is 0.333. The lowest BCUT2D eigenvalue weighted by atomic mass is 9.97. The van der Waals surface area contributed by atoms with Crippen LogP contribution in [0.15, 0.2) is 24.5 Å². The molecule has 3 heteroatoms. The molecule has 0 atom stereocenters. The number of fused-ring (bicyclic) bond motifs is 1. The Hall–Kier alpha value is -1.48. The van der Waals surface area contributed by atoms with Gasteiger partial charge in [0, 0.05) is 5.39 Å². The minimum Gasteiger partial charge on any atom is -0.321 e. The molecular formula is C12H15N3. The van der Waals surface area contributed by atoms with Crippen LogP contribution in [0.25, 0.3) is 10.9 Å². The molecule has 0 unspecified atom stereocenters. The van der Waals surface area contributed by atoms with Crippen LogP contribution in [0.3, 0.4) is 0 Å². The molecule has 0 bridgehead atoms. The summed E-state index contributed by atoms with van der Waals surface area (Å²) in [6.07, 6.45) is 1.58. The van der Waals surface area contributed by atoms with Crippen molar-refractivity contribution in [2.75, 3.05) is 0 Å². The lowest BCUT2D eigenvalue weighted by Gasteiger charge is -2.19. The molecule has 2 N–H and O–H groups in total. The summed E-state index contributed by atoms with van der Waals surface area (Å²) in [5.41, 5.74) is 8.69. The van der Waals surface area contributed by atoms with Crippen molar-refractivity contribution in [3.63, 3.8) is 0 Å². The fourth-order valence-electron chi connectivity index (χ4n) is 1.75. The molecule has 0 aliphatic carbocycles. The minimum atomic E-state index is -0.436. The summed E-state index contributed by atoms with van der Waals surface area (Å²) in [7, 11) is 0. The zero-order chi connectivity index (χ0) is 11.1. The lowest BCUT2D eigenvalue weighted by Crippen LogP contribution is -2.30. The molecule has 1 aromatic carbocycles. The van der Waals surface area contributed by atoms with Crippen molar-refractivity contribution in [3.05, 3.63) is 35.8 Å². The smallest absolute Gasteiger partial charge is 0.116 e. The number of rotatable bonds is 1. The molecule has 1 heterocycles. The van der Waals surface area contributed by atoms with Crippen LogP contribution >= 0.6 is 0 Å². The van der Waals surface area contributed by atoms with E-state index in [0.717, 1.165) is 22.2 Å². The Morgan fingerprint density at radius 2 is 1.93 bits per heavy atom. The third kappa shape index (κ3) is 1.70. The molecule has 78 valence electrons. The molecule has 15 heavy (non-hydrogen) atoms. The average molecular weight is 201 g/mol. The zero-order valence-corrected chi connectivity index (χ0v) is 9.28. The van der Waals surface area contributed by atoms with Crippen molar-refractivity contribution >= 4 is 10.9 Å². The summed E-state index contributed by atoms with van der Waals surface area (Å²) in [4.78, 5) is 8.57. The first-order valence-corrected chi connectivity index (χ1v) is 5.00. The molecule has 0 spiro atoms. The predicted molar refractivity (Wildman–Crippen MR) is 61.5 cm³/mol. The Morgan fingerprint density at radius 1 is 1.20 bits per heavy atom. The van der Waals surface area contributed by atoms with E-state index in [1.54, 1.807) is 6.33 Å². The highest BCUT2D eigenvalue weighted by Gasteiger charge is 2.19. The van der Waals surface area contributed by atoms with Gasteiger partial charge in [0.25, 0.3) is 0 Å². The molecule has 1 aromatic heterocycles. The van der Waals surface area contributed by atoms with Gasteiger partial charge in [0.15, 0.2) is 0 Å². The number of para-hydroxylation sites is 1. The number of nitrogens with zero attached hydrogens (tertiary/aromatic N) is 2. The van der Waals surface area contributed by atoms with E-state index in [2.05, 4.69) is 9.97 Å². The summed E-state index contributed by atoms with van der Waals surface area (Å²) in [6, 6.07) is 6.07. The van der Waals surface area contributed by atoms with Crippen molar-refractivity contribution in [1.29, 1.82) is 0 Å². The first-order chi connectivity index (χ1) is 7.00. The predicted octanol–water partition coefficient (Wildman–Crippen LogP) is 2.13. The summed E-state index contributed by atoms with van der Waals surface area (Å²) in [5.74, 6) is 0. The first-order valence-electron chi connectivity index (χ1n) is 5.00. The molecule has 0 aliphatic rings. The normalized spacial score (nSPS) is 12.0. The molecule has 2 aromatic rings. The maximum Gasteiger partial charge on any atom is 0.116 e. The SMILES string of the molecule is Cc1cccc2c(C(C)(C)N)ncnc12. The van der Waals surface area contributed by atoms with Crippen molar-refractivity contribution in [2.45, 2.75) is 26.3 Å². The zero-order valence-electron chi connectivity index (χ0n) is 9.28. The van der Waals surface area contributed by atoms with Gasteiger partial charge in [-0.1, -0.05) is 18.2 Å². The van der Waals surface area contributed by atoms with Gasteiger partial charge in [0.1, 0.15) is 6.33 Å². The Labute approximate surface area is 89.4 Å². The molecule has 0 saturated carbocycles. The van der Waals surface area contributed by atoms with Gasteiger partial charge in [-0.3, -0.25) is 0 Å². The third-order valence-electron chi connectivity index (χ3n) is 2.48. The van der Waals surface area contributed by atoms with Crippen LogP contribution in [-0.4, -0.2) is 9.97 Å². The summed E-state index contributed by atoms with van der Waals surface area (Å²) >= 11 is 0. The number of hydrogen-bond donors (Lipinski definition) is 1. The number of hydrogen-bond acceptors (Lipinski definition) is 3. The number of benzene rings is 1. The van der Waals surface area contributed by atoms with Crippen LogP contribution in [0, 0.1) is 6.92 Å². The molecule has 0 amide bonds. The monoisotopic (exact) mass is 201 g/mol. The molecule has 0 saturated heterocycles. The largest absolute Gasteiger partial charge is 0.321 e. The van der Waals surface area contributed by atoms with E-state index in [4.69, 9.17) is 5.73 Å². The first kappa shape index (κ1) is 10.1. The van der Waals surface area contributed by atoms with Crippen LogP contribution < -0.4 is 5.73 Å². The van der Waals surface area contributed by atoms with E-state index in [1.165, 1.54) is 0 Å². The van der Waals surface area contributed by atoms with Crippen molar-refractivity contribution < 1.29 is 0 Å². The lowest BCUT2D eigenvalue weighted by molar-refractivity contribution is 0.540. The maximum atomic E-state index is 6.08. The summed E-state index contributed by atoms with van der Waals surface area (Å²) in [6.45, 7) is 5.96. The second kappa shape index (κ2) is 3.28. The van der Waals surface area contributed by atoms with E-state index in [1.807, 2.05) is 39.0 Å². The second-order valence-corrected chi connectivity index (χ2v) is 4.42. The van der Waals surface area contributed by atoms with E-state index in [-0.39, 0.29) is 0 Å². The highest BCUT2D eigenvalue weighted by Crippen LogP contribution is 2.24. The molecule has 0 aliphatic heterocycles. The van der Waals surface area contributed by atoms with Gasteiger partial charge in [0.2, 0.25) is 0 Å². The fourth-order valence-corrected chi connectivity index (χ4v) is 1.75. The van der Waals surface area contributed by atoms with Gasteiger partial charge < -0.3 is 5.73 Å². The second-order valence-electron chi connectivity index (χ2n) is 4.42. The average Bonchev–Trinajstić information content (AvgIpc) is 2.16. The van der Waals surface area contributed by atoms with Gasteiger partial charge in [0.05, 0.1) is 16.7 Å². The Kier molecular flexibility index (Phi) is 2.20. The van der Waals surface area contributed by atoms with E-state index >= 15 is 0 Å². The van der Waals surface area contributed by atoms with Crippen LogP contribution in [0.1, 0.15) is 25.1 Å². The van der Waals surface area contributed by atoms with Crippen molar-refractivity contribution in [3.8, 4) is 0 Å². The molecule has 0 radical (unpaired) electrons. The minimum absolute atomic E-state index is 0.436. The summed E-state index contributed by atoms with van der Waals surface area (Å²) < 4.78 is 0. The van der Waals surface area contributed by atoms with Crippen LogP contribution in [0.5, 0.6) is 0 Å². The Balaban J connectivity index is 2.83. The van der Waals surface area contributed by atoms with Crippen LogP contribution in [0.4, 0.5) is 0 Å². The highest BCUT2D eigenvalue weighted by molar-refractivity contribution is 5.84. The van der Waals surface area contributed by atoms with Gasteiger partial charge in [-0.2, -0.15) is 0 Å². The number of aromatic nitrogens is 2. The molecular weight excluding hydrogens is 186 g/mol. The molecule has 3 nitrogen and oxygen atoms in total. The van der Waals surface area contributed by atoms with E-state index in [0.29, 0.717) is 0 Å². The maximum absolute atomic E-state index is 6.08. The van der Waals surface area contributed by atoms with Gasteiger partial charge in [-0.15, -0.1) is 0 Å². The molecule has 2 rings (SSSR count). The van der Waals surface area contributed by atoms with Gasteiger partial charge in [-0.05, 0) is 26.3 Å². The molecule has 0 fully saturated rings. The standard InChI is InChI=1S/C12H15N3/c1-8-5-4-6-9-10(8)14-7-15-11(9)12(2,3)13/h4-7H,13H2,1-3H3. The van der Waals surface area contributed by atoms with Crippen LogP contribution in [0.2, 0.25) is 0 Å². The quantitative estimate of drug-likeness (QED) is 0.769. The highest BCUT2D eigenvalue weighted by atomic mass is 14.9. The Morgan fingerprint density at radius 3 is 2.60 bits per heavy atom. The van der Waals surface area contributed by atoms with Crippen molar-refractivity contribution in [1.82, 2.24) is 9.97 Å². The van der Waals surface area contributed by atoms with Crippen LogP contribution in [-0.2, 0) is 5.54 Å². The number of nitrogens with two attached hydrogens (primary N) is 1. The van der Waals surface area contributed by atoms with Crippen molar-refractivity contribution in [2.24, 2.45) is 5.73 Å². The Bertz CT molecular complexity index is 498. The summed E-state index contributed by atoms with van der Waals surface area (Å²) in [5, 5.41) is 1.05.